The van der Waals surface area contributed by atoms with E-state index in [9.17, 15) is 9.59 Å². The van der Waals surface area contributed by atoms with Gasteiger partial charge in [0.05, 0.1) is 17.1 Å². The summed E-state index contributed by atoms with van der Waals surface area (Å²) in [5.74, 6) is 1.68. The van der Waals surface area contributed by atoms with Crippen LogP contribution in [-0.4, -0.2) is 36.4 Å². The third kappa shape index (κ3) is 5.56. The number of para-hydroxylation sites is 2. The summed E-state index contributed by atoms with van der Waals surface area (Å²) in [6.45, 7) is 2.40. The van der Waals surface area contributed by atoms with Crippen LogP contribution in [-0.2, 0) is 19.4 Å². The Morgan fingerprint density at radius 2 is 1.65 bits per heavy atom. The summed E-state index contributed by atoms with van der Waals surface area (Å²) in [4.78, 5) is 37.9. The van der Waals surface area contributed by atoms with E-state index < -0.39 is 0 Å². The van der Waals surface area contributed by atoms with Gasteiger partial charge in [0.15, 0.2) is 5.78 Å². The van der Waals surface area contributed by atoms with Crippen molar-refractivity contribution in [2.24, 2.45) is 0 Å². The summed E-state index contributed by atoms with van der Waals surface area (Å²) in [5, 5.41) is 0. The number of hydrogen-bond acceptors (Lipinski definition) is 6. The van der Waals surface area contributed by atoms with Gasteiger partial charge in [-0.15, -0.1) is 11.3 Å². The number of fused-ring (bicyclic) bond motifs is 4. The highest BCUT2D eigenvalue weighted by Gasteiger charge is 2.28. The van der Waals surface area contributed by atoms with Crippen molar-refractivity contribution in [1.29, 1.82) is 0 Å². The van der Waals surface area contributed by atoms with E-state index in [2.05, 4.69) is 23.1 Å². The Labute approximate surface area is 255 Å². The molecule has 0 atom stereocenters. The quantitative estimate of drug-likeness (QED) is 0.197. The molecule has 0 aliphatic carbocycles. The number of thiophene rings is 1. The Morgan fingerprint density at radius 1 is 0.837 bits per heavy atom. The summed E-state index contributed by atoms with van der Waals surface area (Å²) < 4.78 is 5.94. The van der Waals surface area contributed by atoms with Crippen molar-refractivity contribution in [3.8, 4) is 16.2 Å². The SMILES string of the molecule is O=C(CCc1ccccc1)c1cc2c(s1)-c1ccccc1N(C(=O)c1cccc(N3CCOc4ccccc4C3)n1)CC2. The van der Waals surface area contributed by atoms with Crippen molar-refractivity contribution < 1.29 is 14.3 Å². The molecule has 7 heteroatoms. The van der Waals surface area contributed by atoms with E-state index >= 15 is 0 Å². The lowest BCUT2D eigenvalue weighted by molar-refractivity contribution is 0.0976. The van der Waals surface area contributed by atoms with Crippen LogP contribution >= 0.6 is 11.3 Å². The number of hydrogen-bond donors (Lipinski definition) is 0. The molecule has 2 aliphatic rings. The maximum Gasteiger partial charge on any atom is 0.276 e. The first kappa shape index (κ1) is 27.1. The molecule has 7 rings (SSSR count). The molecule has 0 N–H and O–H groups in total. The van der Waals surface area contributed by atoms with Gasteiger partial charge in [0.1, 0.15) is 23.9 Å². The van der Waals surface area contributed by atoms with E-state index in [0.717, 1.165) is 50.1 Å². The first-order chi connectivity index (χ1) is 21.1. The number of ether oxygens (including phenoxy) is 1. The molecule has 3 aromatic carbocycles. The minimum atomic E-state index is -0.130. The smallest absolute Gasteiger partial charge is 0.276 e. The second kappa shape index (κ2) is 11.9. The summed E-state index contributed by atoms with van der Waals surface area (Å²) >= 11 is 1.54. The van der Waals surface area contributed by atoms with E-state index in [-0.39, 0.29) is 11.7 Å². The molecule has 0 spiro atoms. The number of aromatic nitrogens is 1. The number of carbonyl (C=O) groups is 2. The fraction of sp³-hybridized carbons (Fsp3) is 0.194. The molecule has 4 heterocycles. The fourth-order valence-corrected chi connectivity index (χ4v) is 7.06. The molecule has 0 bridgehead atoms. The average Bonchev–Trinajstić information content (AvgIpc) is 3.27. The summed E-state index contributed by atoms with van der Waals surface area (Å²) in [6.07, 6.45) is 1.87. The van der Waals surface area contributed by atoms with Gasteiger partial charge < -0.3 is 14.5 Å². The second-order valence-electron chi connectivity index (χ2n) is 10.9. The molecular formula is C36H31N3O3S. The Kier molecular flexibility index (Phi) is 7.47. The van der Waals surface area contributed by atoms with E-state index in [1.165, 1.54) is 5.56 Å². The molecule has 0 radical (unpaired) electrons. The standard InChI is InChI=1S/C36H31N3O3S/c40-31(18-17-25-9-2-1-3-10-25)33-23-26-19-20-39(30-14-6-5-12-28(30)35(26)43-33)36(41)29-13-8-16-34(37-29)38-21-22-42-32-15-7-4-11-27(32)24-38/h1-16,23H,17-22,24H2. The second-order valence-corrected chi connectivity index (χ2v) is 11.9. The number of Topliss-reactive ketones (excluding diaryl/α,β-unsaturated/α-hetero) is 1. The van der Waals surface area contributed by atoms with Gasteiger partial charge in [-0.2, -0.15) is 0 Å². The predicted octanol–water partition coefficient (Wildman–Crippen LogP) is 7.23. The molecule has 5 aromatic rings. The molecule has 0 unspecified atom stereocenters. The molecule has 214 valence electrons. The van der Waals surface area contributed by atoms with Gasteiger partial charge in [-0.1, -0.05) is 72.8 Å². The van der Waals surface area contributed by atoms with Crippen LogP contribution in [0.15, 0.2) is 103 Å². The van der Waals surface area contributed by atoms with Gasteiger partial charge in [0.25, 0.3) is 5.91 Å². The van der Waals surface area contributed by atoms with Gasteiger partial charge in [-0.05, 0) is 54.3 Å². The Morgan fingerprint density at radius 3 is 2.56 bits per heavy atom. The average molecular weight is 586 g/mol. The van der Waals surface area contributed by atoms with Crippen LogP contribution in [0.2, 0.25) is 0 Å². The van der Waals surface area contributed by atoms with Crippen LogP contribution in [0.3, 0.4) is 0 Å². The molecule has 43 heavy (non-hydrogen) atoms. The number of pyridine rings is 1. The van der Waals surface area contributed by atoms with Crippen LogP contribution in [0.4, 0.5) is 11.5 Å². The highest BCUT2D eigenvalue weighted by Crippen LogP contribution is 2.42. The van der Waals surface area contributed by atoms with Gasteiger partial charge in [0.2, 0.25) is 0 Å². The normalized spacial score (nSPS) is 14.0. The molecule has 0 saturated heterocycles. The Hall–Kier alpha value is -4.75. The summed E-state index contributed by atoms with van der Waals surface area (Å²) in [6, 6.07) is 33.9. The first-order valence-corrected chi connectivity index (χ1v) is 15.5. The number of benzene rings is 3. The minimum Gasteiger partial charge on any atom is -0.491 e. The first-order valence-electron chi connectivity index (χ1n) is 14.7. The van der Waals surface area contributed by atoms with Crippen molar-refractivity contribution in [2.45, 2.75) is 25.8 Å². The van der Waals surface area contributed by atoms with Crippen LogP contribution in [0, 0.1) is 0 Å². The maximum absolute atomic E-state index is 14.1. The number of ketones is 1. The lowest BCUT2D eigenvalue weighted by Crippen LogP contribution is -2.34. The molecule has 1 amide bonds. The van der Waals surface area contributed by atoms with Gasteiger partial charge >= 0.3 is 0 Å². The lowest BCUT2D eigenvalue weighted by atomic mass is 10.0. The van der Waals surface area contributed by atoms with Crippen molar-refractivity contribution in [3.63, 3.8) is 0 Å². The van der Waals surface area contributed by atoms with Crippen molar-refractivity contribution in [2.75, 3.05) is 29.5 Å². The molecule has 0 saturated carbocycles. The van der Waals surface area contributed by atoms with E-state index in [1.807, 2.05) is 83.8 Å². The number of nitrogens with zero attached hydrogens (tertiary/aromatic N) is 3. The van der Waals surface area contributed by atoms with Crippen molar-refractivity contribution in [1.82, 2.24) is 4.98 Å². The third-order valence-electron chi connectivity index (χ3n) is 8.09. The maximum atomic E-state index is 14.1. The third-order valence-corrected chi connectivity index (χ3v) is 9.34. The zero-order valence-corrected chi connectivity index (χ0v) is 24.6. The topological polar surface area (TPSA) is 62.7 Å². The largest absolute Gasteiger partial charge is 0.491 e. The molecular weight excluding hydrogens is 554 g/mol. The van der Waals surface area contributed by atoms with Gasteiger partial charge in [0, 0.05) is 35.5 Å². The van der Waals surface area contributed by atoms with Crippen LogP contribution < -0.4 is 14.5 Å². The molecule has 2 aromatic heterocycles. The number of anilines is 2. The molecule has 2 aliphatic heterocycles. The number of rotatable bonds is 6. The van der Waals surface area contributed by atoms with Crippen LogP contribution in [0.1, 0.15) is 43.3 Å². The van der Waals surface area contributed by atoms with Crippen LogP contribution in [0.25, 0.3) is 10.4 Å². The summed E-state index contributed by atoms with van der Waals surface area (Å²) in [7, 11) is 0. The van der Waals surface area contributed by atoms with E-state index in [1.54, 1.807) is 17.4 Å². The minimum absolute atomic E-state index is 0.130. The van der Waals surface area contributed by atoms with Gasteiger partial charge in [-0.25, -0.2) is 4.98 Å². The highest BCUT2D eigenvalue weighted by atomic mass is 32.1. The monoisotopic (exact) mass is 585 g/mol. The molecule has 6 nitrogen and oxygen atoms in total. The van der Waals surface area contributed by atoms with Crippen molar-refractivity contribution in [3.05, 3.63) is 130 Å². The van der Waals surface area contributed by atoms with E-state index in [0.29, 0.717) is 44.8 Å². The Bertz CT molecular complexity index is 1800. The zero-order chi connectivity index (χ0) is 29.2. The van der Waals surface area contributed by atoms with Gasteiger partial charge in [-0.3, -0.25) is 9.59 Å². The molecule has 0 fully saturated rings. The zero-order valence-electron chi connectivity index (χ0n) is 23.7. The number of amides is 1. The number of carbonyl (C=O) groups excluding carboxylic acids is 2. The highest BCUT2D eigenvalue weighted by molar-refractivity contribution is 7.17. The Balaban J connectivity index is 1.13. The summed E-state index contributed by atoms with van der Waals surface area (Å²) in [5.41, 5.74) is 5.62. The van der Waals surface area contributed by atoms with Crippen LogP contribution in [0.5, 0.6) is 5.75 Å². The fourth-order valence-electron chi connectivity index (χ4n) is 5.85. The lowest BCUT2D eigenvalue weighted by Gasteiger charge is -2.24. The van der Waals surface area contributed by atoms with E-state index in [4.69, 9.17) is 9.72 Å². The predicted molar refractivity (Wildman–Crippen MR) is 171 cm³/mol. The number of aryl methyl sites for hydroxylation is 1. The van der Waals surface area contributed by atoms with Crippen molar-refractivity contribution >= 4 is 34.5 Å².